The molecule has 0 bridgehead atoms. The van der Waals surface area contributed by atoms with Crippen LogP contribution in [0.25, 0.3) is 0 Å². The van der Waals surface area contributed by atoms with Gasteiger partial charge in [-0.15, -0.1) is 0 Å². The number of aliphatic hydroxyl groups is 1. The molecule has 0 aromatic heterocycles. The van der Waals surface area contributed by atoms with Crippen molar-refractivity contribution in [3.8, 4) is 5.75 Å². The second-order valence-electron chi connectivity index (χ2n) is 1.97. The lowest BCUT2D eigenvalue weighted by Gasteiger charge is -1.97. The molecule has 0 unspecified atom stereocenters. The van der Waals surface area contributed by atoms with Gasteiger partial charge in [0.2, 0.25) is 7.58 Å². The van der Waals surface area contributed by atoms with Crippen LogP contribution >= 0.6 is 7.58 Å². The molecule has 1 N–H and O–H groups in total. The molecule has 0 aliphatic heterocycles. The molecule has 0 heterocycles. The molecule has 0 saturated carbocycles. The summed E-state index contributed by atoms with van der Waals surface area (Å²) in [6.45, 7) is 0.0614. The van der Waals surface area contributed by atoms with Crippen LogP contribution in [0, 0.1) is 0 Å². The second kappa shape index (κ2) is 4.39. The summed E-state index contributed by atoms with van der Waals surface area (Å²) < 4.78 is 5.01. The predicted octanol–water partition coefficient (Wildman–Crippen LogP) is 1.88. The van der Waals surface area contributed by atoms with Crippen LogP contribution < -0.4 is 4.52 Å². The molecule has 11 heavy (non-hydrogen) atoms. The summed E-state index contributed by atoms with van der Waals surface area (Å²) in [4.78, 5) is 0. The van der Waals surface area contributed by atoms with Crippen molar-refractivity contribution >= 4 is 19.4 Å². The van der Waals surface area contributed by atoms with Crippen LogP contribution in [0.1, 0.15) is 5.56 Å². The van der Waals surface area contributed by atoms with E-state index in [2.05, 4.69) is 11.8 Å². The molecule has 0 radical (unpaired) electrons. The highest BCUT2D eigenvalue weighted by Gasteiger charge is 1.91. The van der Waals surface area contributed by atoms with Crippen molar-refractivity contribution in [2.24, 2.45) is 0 Å². The van der Waals surface area contributed by atoms with Crippen molar-refractivity contribution in [3.63, 3.8) is 0 Å². The molecule has 0 fully saturated rings. The van der Waals surface area contributed by atoms with Gasteiger partial charge < -0.3 is 9.63 Å². The molecule has 1 rings (SSSR count). The van der Waals surface area contributed by atoms with Crippen LogP contribution in [0.3, 0.4) is 0 Å². The first kappa shape index (κ1) is 8.60. The zero-order valence-electron chi connectivity index (χ0n) is 5.73. The van der Waals surface area contributed by atoms with Gasteiger partial charge >= 0.3 is 0 Å². The molecule has 0 saturated heterocycles. The number of benzene rings is 1. The van der Waals surface area contributed by atoms with Gasteiger partial charge in [0.05, 0.1) is 6.61 Å². The van der Waals surface area contributed by atoms with Gasteiger partial charge in [-0.2, -0.15) is 0 Å². The van der Waals surface area contributed by atoms with Crippen LogP contribution in [0.4, 0.5) is 0 Å². The van der Waals surface area contributed by atoms with Crippen LogP contribution in [-0.2, 0) is 18.4 Å². The zero-order chi connectivity index (χ0) is 8.10. The molecule has 0 spiro atoms. The molecule has 2 nitrogen and oxygen atoms in total. The van der Waals surface area contributed by atoms with E-state index in [9.17, 15) is 0 Å². The maximum atomic E-state index is 8.70. The summed E-state index contributed by atoms with van der Waals surface area (Å²) in [5.74, 6) is 0.735. The van der Waals surface area contributed by atoms with E-state index >= 15 is 0 Å². The minimum atomic E-state index is 0.0614. The summed E-state index contributed by atoms with van der Waals surface area (Å²) in [5.41, 5.74) is 0.874. The number of hydrogen-bond donors (Lipinski definition) is 1. The van der Waals surface area contributed by atoms with Gasteiger partial charge in [-0.25, -0.2) is 0 Å². The molecule has 0 atom stereocenters. The third-order valence-electron chi connectivity index (χ3n) is 1.25. The van der Waals surface area contributed by atoms with Gasteiger partial charge in [-0.3, -0.25) is 0 Å². The lowest BCUT2D eigenvalue weighted by Crippen LogP contribution is -1.81. The van der Waals surface area contributed by atoms with Crippen LogP contribution in [-0.4, -0.2) is 5.11 Å². The Kier molecular flexibility index (Phi) is 3.43. The van der Waals surface area contributed by atoms with Crippen molar-refractivity contribution < 1.29 is 9.63 Å². The van der Waals surface area contributed by atoms with Crippen LogP contribution in [0.15, 0.2) is 24.3 Å². The lowest BCUT2D eigenvalue weighted by atomic mass is 10.2. The Labute approximate surface area is 71.7 Å². The zero-order valence-corrected chi connectivity index (χ0v) is 7.44. The monoisotopic (exact) mass is 186 g/mol. The average molecular weight is 186 g/mol. The maximum Gasteiger partial charge on any atom is 0.205 e. The van der Waals surface area contributed by atoms with E-state index in [-0.39, 0.29) is 6.61 Å². The summed E-state index contributed by atoms with van der Waals surface area (Å²) in [5, 5.41) is 8.70. The lowest BCUT2D eigenvalue weighted by molar-refractivity contribution is 0.282. The first-order valence-electron chi connectivity index (χ1n) is 3.06. The predicted molar refractivity (Wildman–Crippen MR) is 47.3 cm³/mol. The highest BCUT2D eigenvalue weighted by atomic mass is 32.4. The first-order valence-corrected chi connectivity index (χ1v) is 4.89. The Bertz CT molecular complexity index is 235. The van der Waals surface area contributed by atoms with Gasteiger partial charge in [0, 0.05) is 0 Å². The van der Waals surface area contributed by atoms with Crippen LogP contribution in [0.2, 0.25) is 0 Å². The number of aliphatic hydroxyl groups excluding tert-OH is 1. The van der Waals surface area contributed by atoms with Crippen molar-refractivity contribution in [1.82, 2.24) is 0 Å². The van der Waals surface area contributed by atoms with Gasteiger partial charge in [0.25, 0.3) is 0 Å². The Morgan fingerprint density at radius 2 is 2.00 bits per heavy atom. The smallest absolute Gasteiger partial charge is 0.205 e. The van der Waals surface area contributed by atoms with Crippen molar-refractivity contribution in [2.75, 3.05) is 0 Å². The number of rotatable bonds is 3. The highest BCUT2D eigenvalue weighted by molar-refractivity contribution is 7.94. The summed E-state index contributed by atoms with van der Waals surface area (Å²) in [6, 6.07) is 7.17. The fourth-order valence-corrected chi connectivity index (χ4v) is 1.16. The Hall–Kier alpha value is -0.500. The van der Waals surface area contributed by atoms with Crippen molar-refractivity contribution in [1.29, 1.82) is 0 Å². The average Bonchev–Trinajstić information content (AvgIpc) is 2.07. The largest absolute Gasteiger partial charge is 0.429 e. The highest BCUT2D eigenvalue weighted by Crippen LogP contribution is 2.15. The summed E-state index contributed by atoms with van der Waals surface area (Å²) in [7, 11) is 0.471. The molecule has 1 aromatic carbocycles. The third kappa shape index (κ3) is 2.54. The Morgan fingerprint density at radius 3 is 2.45 bits per heavy atom. The normalized spacial score (nSPS) is 9.91. The minimum absolute atomic E-state index is 0.0614. The van der Waals surface area contributed by atoms with E-state index in [4.69, 9.17) is 9.63 Å². The van der Waals surface area contributed by atoms with E-state index in [1.54, 1.807) is 24.3 Å². The molecule has 4 heteroatoms. The van der Waals surface area contributed by atoms with E-state index in [0.29, 0.717) is 7.58 Å². The fourth-order valence-electron chi connectivity index (χ4n) is 0.699. The van der Waals surface area contributed by atoms with E-state index in [0.717, 1.165) is 11.3 Å². The molecule has 0 aliphatic carbocycles. The van der Waals surface area contributed by atoms with E-state index in [1.807, 2.05) is 0 Å². The molecule has 58 valence electrons. The Balaban J connectivity index is 2.74. The second-order valence-corrected chi connectivity index (χ2v) is 2.75. The Morgan fingerprint density at radius 1 is 1.36 bits per heavy atom. The molecule has 0 amide bonds. The van der Waals surface area contributed by atoms with E-state index in [1.165, 1.54) is 0 Å². The van der Waals surface area contributed by atoms with Crippen molar-refractivity contribution in [3.05, 3.63) is 29.8 Å². The minimum Gasteiger partial charge on any atom is -0.429 e. The van der Waals surface area contributed by atoms with E-state index < -0.39 is 0 Å². The van der Waals surface area contributed by atoms with Gasteiger partial charge in [0.15, 0.2) is 0 Å². The maximum absolute atomic E-state index is 8.70. The van der Waals surface area contributed by atoms with Gasteiger partial charge in [-0.1, -0.05) is 12.1 Å². The first-order chi connectivity index (χ1) is 5.36. The standard InChI is InChI=1S/C7H7O2PS/c8-5-6-1-3-7(4-2-6)9-10-11/h1-4,8H,5H2. The quantitative estimate of drug-likeness (QED) is 0.731. The number of hydrogen-bond acceptors (Lipinski definition) is 3. The molecule has 0 aliphatic rings. The van der Waals surface area contributed by atoms with Gasteiger partial charge in [0.1, 0.15) is 5.75 Å². The molecular weight excluding hydrogens is 179 g/mol. The van der Waals surface area contributed by atoms with Gasteiger partial charge in [-0.05, 0) is 29.5 Å². The SMILES string of the molecule is OCc1ccc(OP=S)cc1. The molecular formula is C7H7O2PS. The van der Waals surface area contributed by atoms with Crippen molar-refractivity contribution in [2.45, 2.75) is 6.61 Å². The fraction of sp³-hybridized carbons (Fsp3) is 0.143. The van der Waals surface area contributed by atoms with Crippen LogP contribution in [0.5, 0.6) is 5.75 Å². The summed E-state index contributed by atoms with van der Waals surface area (Å²) in [6.07, 6.45) is 0. The third-order valence-corrected chi connectivity index (χ3v) is 1.76. The summed E-state index contributed by atoms with van der Waals surface area (Å²) >= 11 is 4.60. The topological polar surface area (TPSA) is 29.5 Å². The molecule has 1 aromatic rings.